The normalized spacial score (nSPS) is 32.9. The maximum Gasteiger partial charge on any atom is 0.126 e. The summed E-state index contributed by atoms with van der Waals surface area (Å²) >= 11 is 0. The Morgan fingerprint density at radius 1 is 1.07 bits per heavy atom. The molecule has 0 bridgehead atoms. The average molecular weight is 368 g/mol. The first-order valence-electron chi connectivity index (χ1n) is 10.7. The van der Waals surface area contributed by atoms with Crippen molar-refractivity contribution in [1.29, 1.82) is 0 Å². The predicted molar refractivity (Wildman–Crippen MR) is 109 cm³/mol. The zero-order valence-corrected chi connectivity index (χ0v) is 17.1. The Balaban J connectivity index is 1.50. The van der Waals surface area contributed by atoms with Gasteiger partial charge in [0, 0.05) is 11.5 Å². The van der Waals surface area contributed by atoms with Gasteiger partial charge in [0.2, 0.25) is 0 Å². The van der Waals surface area contributed by atoms with Crippen LogP contribution in [-0.2, 0) is 4.74 Å². The van der Waals surface area contributed by atoms with Gasteiger partial charge in [-0.1, -0.05) is 42.9 Å². The molecule has 1 aromatic rings. The van der Waals surface area contributed by atoms with Crippen molar-refractivity contribution in [2.24, 2.45) is 5.92 Å². The van der Waals surface area contributed by atoms with Crippen molar-refractivity contribution in [2.45, 2.75) is 76.6 Å². The van der Waals surface area contributed by atoms with Crippen molar-refractivity contribution >= 4 is 0 Å². The molecule has 146 valence electrons. The maximum atomic E-state index is 6.68. The summed E-state index contributed by atoms with van der Waals surface area (Å²) in [6.45, 7) is 9.81. The molecule has 0 aliphatic carbocycles. The van der Waals surface area contributed by atoms with Gasteiger partial charge in [0.05, 0.1) is 12.6 Å². The predicted octanol–water partition coefficient (Wildman–Crippen LogP) is 4.96. The highest BCUT2D eigenvalue weighted by atomic mass is 16.5. The molecule has 3 heterocycles. The van der Waals surface area contributed by atoms with E-state index in [0.717, 1.165) is 25.1 Å². The number of fused-ring (bicyclic) bond motifs is 3. The molecule has 0 saturated carbocycles. The topological polar surface area (TPSA) is 21.7 Å². The van der Waals surface area contributed by atoms with Crippen LogP contribution in [0.5, 0.6) is 5.75 Å². The van der Waals surface area contributed by atoms with E-state index < -0.39 is 0 Å². The van der Waals surface area contributed by atoms with Gasteiger partial charge in [-0.15, -0.1) is 0 Å². The van der Waals surface area contributed by atoms with Crippen LogP contribution < -0.4 is 4.74 Å². The second-order valence-electron chi connectivity index (χ2n) is 9.15. The van der Waals surface area contributed by atoms with E-state index in [-0.39, 0.29) is 17.3 Å². The fourth-order valence-corrected chi connectivity index (χ4v) is 4.89. The van der Waals surface area contributed by atoms with Crippen molar-refractivity contribution in [3.05, 3.63) is 29.8 Å². The van der Waals surface area contributed by atoms with Crippen LogP contribution in [0.4, 0.5) is 0 Å². The van der Waals surface area contributed by atoms with E-state index in [1.807, 2.05) is 6.07 Å². The summed E-state index contributed by atoms with van der Waals surface area (Å²) in [5.74, 6) is 8.29. The summed E-state index contributed by atoms with van der Waals surface area (Å²) in [5.41, 5.74) is 0.606. The highest BCUT2D eigenvalue weighted by Gasteiger charge is 2.49. The third kappa shape index (κ3) is 4.03. The van der Waals surface area contributed by atoms with E-state index in [1.165, 1.54) is 44.3 Å². The second kappa shape index (κ2) is 7.49. The van der Waals surface area contributed by atoms with Crippen molar-refractivity contribution in [3.63, 3.8) is 0 Å². The number of para-hydroxylation sites is 1. The Morgan fingerprint density at radius 3 is 2.59 bits per heavy atom. The Labute approximate surface area is 164 Å². The third-order valence-corrected chi connectivity index (χ3v) is 6.53. The van der Waals surface area contributed by atoms with E-state index in [2.05, 4.69) is 55.7 Å². The Hall–Kier alpha value is -1.50. The molecule has 0 aromatic heterocycles. The molecule has 1 aromatic carbocycles. The van der Waals surface area contributed by atoms with Gasteiger partial charge >= 0.3 is 0 Å². The van der Waals surface area contributed by atoms with Gasteiger partial charge in [0.1, 0.15) is 17.0 Å². The molecular weight excluding hydrogens is 334 g/mol. The molecule has 27 heavy (non-hydrogen) atoms. The molecule has 3 nitrogen and oxygen atoms in total. The van der Waals surface area contributed by atoms with Crippen LogP contribution in [0.3, 0.4) is 0 Å². The van der Waals surface area contributed by atoms with E-state index in [9.17, 15) is 0 Å². The summed E-state index contributed by atoms with van der Waals surface area (Å²) in [7, 11) is 0. The summed E-state index contributed by atoms with van der Waals surface area (Å²) in [5, 5.41) is 0. The molecule has 2 saturated heterocycles. The van der Waals surface area contributed by atoms with Gasteiger partial charge in [0.15, 0.2) is 0 Å². The Kier molecular flexibility index (Phi) is 5.23. The molecule has 4 rings (SSSR count). The highest BCUT2D eigenvalue weighted by Crippen LogP contribution is 2.52. The van der Waals surface area contributed by atoms with Crippen LogP contribution in [-0.4, -0.2) is 35.7 Å². The minimum Gasteiger partial charge on any atom is -0.487 e. The van der Waals surface area contributed by atoms with Gasteiger partial charge in [-0.2, -0.15) is 0 Å². The molecule has 3 aliphatic heterocycles. The number of likely N-dealkylation sites (tertiary alicyclic amines) is 1. The number of nitrogens with zero attached hydrogens (tertiary/aromatic N) is 1. The summed E-state index contributed by atoms with van der Waals surface area (Å²) in [4.78, 5) is 2.50. The van der Waals surface area contributed by atoms with Gasteiger partial charge < -0.3 is 9.47 Å². The second-order valence-corrected chi connectivity index (χ2v) is 9.15. The van der Waals surface area contributed by atoms with Gasteiger partial charge in [-0.05, 0) is 65.6 Å². The molecule has 2 fully saturated rings. The summed E-state index contributed by atoms with van der Waals surface area (Å²) in [6.07, 6.45) is 7.47. The van der Waals surface area contributed by atoms with E-state index in [0.29, 0.717) is 5.92 Å². The van der Waals surface area contributed by atoms with Crippen molar-refractivity contribution in [1.82, 2.24) is 4.90 Å². The smallest absolute Gasteiger partial charge is 0.126 e. The molecule has 0 amide bonds. The van der Waals surface area contributed by atoms with E-state index in [1.54, 1.807) is 0 Å². The van der Waals surface area contributed by atoms with Crippen molar-refractivity contribution in [2.75, 3.05) is 19.6 Å². The van der Waals surface area contributed by atoms with Crippen LogP contribution in [0.1, 0.15) is 71.0 Å². The number of ether oxygens (including phenoxy) is 2. The van der Waals surface area contributed by atoms with Gasteiger partial charge in [-0.3, -0.25) is 4.90 Å². The minimum atomic E-state index is -0.368. The Morgan fingerprint density at radius 2 is 1.81 bits per heavy atom. The molecule has 0 unspecified atom stereocenters. The molecule has 3 atom stereocenters. The number of hydrogen-bond donors (Lipinski definition) is 0. The van der Waals surface area contributed by atoms with Crippen molar-refractivity contribution < 1.29 is 9.47 Å². The van der Waals surface area contributed by atoms with Crippen LogP contribution in [0.25, 0.3) is 0 Å². The van der Waals surface area contributed by atoms with E-state index in [4.69, 9.17) is 9.47 Å². The minimum absolute atomic E-state index is 0.0659. The van der Waals surface area contributed by atoms with Gasteiger partial charge in [0.25, 0.3) is 0 Å². The summed E-state index contributed by atoms with van der Waals surface area (Å²) in [6, 6.07) is 8.34. The monoisotopic (exact) mass is 367 g/mol. The Bertz CT molecular complexity index is 723. The first-order valence-corrected chi connectivity index (χ1v) is 10.7. The van der Waals surface area contributed by atoms with Gasteiger partial charge in [-0.25, -0.2) is 0 Å². The van der Waals surface area contributed by atoms with E-state index >= 15 is 0 Å². The highest BCUT2D eigenvalue weighted by molar-refractivity contribution is 5.39. The lowest BCUT2D eigenvalue weighted by Gasteiger charge is -2.50. The average Bonchev–Trinajstić information content (AvgIpc) is 2.90. The van der Waals surface area contributed by atoms with Crippen LogP contribution in [0.2, 0.25) is 0 Å². The molecule has 0 N–H and O–H groups in total. The molecule has 3 aliphatic rings. The zero-order chi connectivity index (χ0) is 18.9. The zero-order valence-electron chi connectivity index (χ0n) is 17.1. The third-order valence-electron chi connectivity index (χ3n) is 6.53. The standard InChI is InChI=1S/C24H33NO2/c1-23(2)20-13-15-24(3,14-10-18-25-16-8-4-5-9-17-25)27-22(20)19-11-6-7-12-21(19)26-23/h6-7,11-12,20,22H,4-5,8-9,13,15-18H2,1-3H3/t20-,22+,24+/m0/s1. The first-order chi connectivity index (χ1) is 13.0. The first kappa shape index (κ1) is 18.8. The maximum absolute atomic E-state index is 6.68. The SMILES string of the molecule is CC1(C)Oc2ccccc2[C@H]2O[C@](C)(C#CCN3CCCCCC3)CC[C@@H]21. The molecular formula is C24H33NO2. The molecule has 0 radical (unpaired) electrons. The lowest BCUT2D eigenvalue weighted by Crippen LogP contribution is -2.50. The number of hydrogen-bond acceptors (Lipinski definition) is 3. The van der Waals surface area contributed by atoms with Crippen LogP contribution in [0.15, 0.2) is 24.3 Å². The quantitative estimate of drug-likeness (QED) is 0.655. The largest absolute Gasteiger partial charge is 0.487 e. The molecule has 0 spiro atoms. The lowest BCUT2D eigenvalue weighted by molar-refractivity contribution is -0.169. The van der Waals surface area contributed by atoms with Crippen molar-refractivity contribution in [3.8, 4) is 17.6 Å². The lowest BCUT2D eigenvalue weighted by atomic mass is 9.73. The fraction of sp³-hybridized carbons (Fsp3) is 0.667. The summed E-state index contributed by atoms with van der Waals surface area (Å²) < 4.78 is 13.0. The van der Waals surface area contributed by atoms with Crippen LogP contribution >= 0.6 is 0 Å². The molecule has 3 heteroatoms. The number of benzene rings is 1. The van der Waals surface area contributed by atoms with Crippen LogP contribution in [0, 0.1) is 17.8 Å². The fourth-order valence-electron chi connectivity index (χ4n) is 4.89. The number of rotatable bonds is 1.